The Hall–Kier alpha value is -0.0800. The minimum absolute atomic E-state index is 0.750. The minimum atomic E-state index is 0.750. The molecule has 0 aliphatic rings. The Labute approximate surface area is 76.2 Å². The summed E-state index contributed by atoms with van der Waals surface area (Å²) in [5, 5.41) is 0. The summed E-state index contributed by atoms with van der Waals surface area (Å²) in [5.41, 5.74) is 0. The van der Waals surface area contributed by atoms with Crippen molar-refractivity contribution < 1.29 is 9.78 Å². The van der Waals surface area contributed by atoms with Crippen molar-refractivity contribution in [3.05, 3.63) is 0 Å². The van der Waals surface area contributed by atoms with Crippen molar-refractivity contribution in [3.63, 3.8) is 0 Å². The van der Waals surface area contributed by atoms with E-state index in [2.05, 4.69) is 13.8 Å². The summed E-state index contributed by atoms with van der Waals surface area (Å²) in [6.45, 7) is 5.87. The third-order valence-electron chi connectivity index (χ3n) is 1.75. The van der Waals surface area contributed by atoms with Crippen molar-refractivity contribution in [1.29, 1.82) is 0 Å². The lowest BCUT2D eigenvalue weighted by atomic mass is 10.3. The van der Waals surface area contributed by atoms with Crippen LogP contribution in [0.15, 0.2) is 0 Å². The molecule has 0 atom stereocenters. The van der Waals surface area contributed by atoms with E-state index in [0.717, 1.165) is 26.1 Å². The zero-order valence-corrected chi connectivity index (χ0v) is 8.47. The molecule has 2 heteroatoms. The predicted molar refractivity (Wildman–Crippen MR) is 51.0 cm³/mol. The van der Waals surface area contributed by atoms with Gasteiger partial charge in [0.05, 0.1) is 13.2 Å². The highest BCUT2D eigenvalue weighted by Gasteiger charge is 1.89. The van der Waals surface area contributed by atoms with Gasteiger partial charge in [-0.15, -0.1) is 0 Å². The largest absolute Gasteiger partial charge is 0.237 e. The van der Waals surface area contributed by atoms with Gasteiger partial charge >= 0.3 is 0 Å². The van der Waals surface area contributed by atoms with E-state index in [0.29, 0.717) is 0 Å². The van der Waals surface area contributed by atoms with Crippen molar-refractivity contribution in [2.45, 2.75) is 52.4 Å². The second kappa shape index (κ2) is 10.9. The molecular weight excluding hydrogens is 152 g/mol. The normalized spacial score (nSPS) is 10.5. The third-order valence-corrected chi connectivity index (χ3v) is 1.75. The predicted octanol–water partition coefficient (Wildman–Crippen LogP) is 3.32. The van der Waals surface area contributed by atoms with Crippen LogP contribution in [0, 0.1) is 0 Å². The van der Waals surface area contributed by atoms with Gasteiger partial charge in [0.15, 0.2) is 0 Å². The summed E-state index contributed by atoms with van der Waals surface area (Å²) in [4.78, 5) is 9.96. The Bertz CT molecular complexity index is 64.2. The maximum absolute atomic E-state index is 4.98. The average molecular weight is 174 g/mol. The topological polar surface area (TPSA) is 18.5 Å². The van der Waals surface area contributed by atoms with Gasteiger partial charge in [0.25, 0.3) is 0 Å². The van der Waals surface area contributed by atoms with Crippen LogP contribution >= 0.6 is 0 Å². The van der Waals surface area contributed by atoms with Gasteiger partial charge in [-0.3, -0.25) is 0 Å². The summed E-state index contributed by atoms with van der Waals surface area (Å²) in [6, 6.07) is 0. The lowest BCUT2D eigenvalue weighted by Crippen LogP contribution is -1.98. The molecule has 0 spiro atoms. The molecule has 12 heavy (non-hydrogen) atoms. The summed E-state index contributed by atoms with van der Waals surface area (Å²) >= 11 is 0. The van der Waals surface area contributed by atoms with E-state index in [1.54, 1.807) is 0 Å². The second-order valence-corrected chi connectivity index (χ2v) is 3.06. The van der Waals surface area contributed by atoms with Crippen LogP contribution in [0.1, 0.15) is 52.4 Å². The summed E-state index contributed by atoms with van der Waals surface area (Å²) in [6.07, 6.45) is 7.17. The van der Waals surface area contributed by atoms with Crippen molar-refractivity contribution in [1.82, 2.24) is 0 Å². The molecule has 0 aliphatic heterocycles. The van der Waals surface area contributed by atoms with E-state index in [9.17, 15) is 0 Å². The van der Waals surface area contributed by atoms with E-state index in [1.807, 2.05) is 0 Å². The van der Waals surface area contributed by atoms with Gasteiger partial charge < -0.3 is 0 Å². The van der Waals surface area contributed by atoms with Crippen LogP contribution in [-0.2, 0) is 9.78 Å². The highest BCUT2D eigenvalue weighted by Crippen LogP contribution is 1.97. The van der Waals surface area contributed by atoms with E-state index in [1.165, 1.54) is 25.7 Å². The highest BCUT2D eigenvalue weighted by atomic mass is 17.2. The van der Waals surface area contributed by atoms with Gasteiger partial charge in [0.1, 0.15) is 0 Å². The zero-order chi connectivity index (χ0) is 9.07. The molecule has 0 unspecified atom stereocenters. The molecule has 0 aliphatic carbocycles. The van der Waals surface area contributed by atoms with Gasteiger partial charge in [0, 0.05) is 0 Å². The fourth-order valence-electron chi connectivity index (χ4n) is 0.940. The third kappa shape index (κ3) is 9.92. The minimum Gasteiger partial charge on any atom is -0.237 e. The van der Waals surface area contributed by atoms with Gasteiger partial charge in [0.2, 0.25) is 0 Å². The van der Waals surface area contributed by atoms with Crippen molar-refractivity contribution in [2.75, 3.05) is 13.2 Å². The number of rotatable bonds is 9. The smallest absolute Gasteiger partial charge is 0.0822 e. The Morgan fingerprint density at radius 2 is 1.08 bits per heavy atom. The Morgan fingerprint density at radius 3 is 1.42 bits per heavy atom. The van der Waals surface area contributed by atoms with Crippen LogP contribution in [0.4, 0.5) is 0 Å². The van der Waals surface area contributed by atoms with Crippen molar-refractivity contribution in [3.8, 4) is 0 Å². The Kier molecular flexibility index (Phi) is 10.8. The SMILES string of the molecule is CCCCCOOCCCCC. The zero-order valence-electron chi connectivity index (χ0n) is 8.47. The van der Waals surface area contributed by atoms with Crippen molar-refractivity contribution in [2.24, 2.45) is 0 Å². The quantitative estimate of drug-likeness (QED) is 0.303. The molecule has 0 radical (unpaired) electrons. The van der Waals surface area contributed by atoms with Crippen LogP contribution in [0.5, 0.6) is 0 Å². The molecule has 0 aromatic rings. The standard InChI is InChI=1S/C10H22O2/c1-3-5-7-9-11-12-10-8-6-4-2/h3-10H2,1-2H3. The van der Waals surface area contributed by atoms with Crippen molar-refractivity contribution >= 4 is 0 Å². The Morgan fingerprint density at radius 1 is 0.667 bits per heavy atom. The molecule has 2 nitrogen and oxygen atoms in total. The first-order valence-electron chi connectivity index (χ1n) is 5.16. The second-order valence-electron chi connectivity index (χ2n) is 3.06. The van der Waals surface area contributed by atoms with Crippen LogP contribution in [-0.4, -0.2) is 13.2 Å². The van der Waals surface area contributed by atoms with Crippen LogP contribution in [0.25, 0.3) is 0 Å². The molecule has 0 fully saturated rings. The fourth-order valence-corrected chi connectivity index (χ4v) is 0.940. The molecule has 0 saturated carbocycles. The highest BCUT2D eigenvalue weighted by molar-refractivity contribution is 4.34. The van der Waals surface area contributed by atoms with Gasteiger partial charge in [-0.05, 0) is 12.8 Å². The molecule has 74 valence electrons. The number of hydrogen-bond acceptors (Lipinski definition) is 2. The van der Waals surface area contributed by atoms with Gasteiger partial charge in [-0.1, -0.05) is 39.5 Å². The fraction of sp³-hybridized carbons (Fsp3) is 1.00. The van der Waals surface area contributed by atoms with Crippen LogP contribution in [0.3, 0.4) is 0 Å². The number of unbranched alkanes of at least 4 members (excludes halogenated alkanes) is 4. The van der Waals surface area contributed by atoms with E-state index in [-0.39, 0.29) is 0 Å². The molecule has 0 heterocycles. The molecule has 0 aromatic heterocycles. The van der Waals surface area contributed by atoms with E-state index in [4.69, 9.17) is 9.78 Å². The molecule has 0 amide bonds. The average Bonchev–Trinajstić information content (AvgIpc) is 2.10. The first kappa shape index (κ1) is 11.9. The molecule has 0 bridgehead atoms. The summed E-state index contributed by atoms with van der Waals surface area (Å²) in [5.74, 6) is 0. The van der Waals surface area contributed by atoms with Gasteiger partial charge in [-0.2, -0.15) is 0 Å². The van der Waals surface area contributed by atoms with Crippen LogP contribution in [0.2, 0.25) is 0 Å². The lowest BCUT2D eigenvalue weighted by molar-refractivity contribution is -0.295. The maximum Gasteiger partial charge on any atom is 0.0822 e. The van der Waals surface area contributed by atoms with Crippen LogP contribution < -0.4 is 0 Å². The van der Waals surface area contributed by atoms with Gasteiger partial charge in [-0.25, -0.2) is 9.78 Å². The monoisotopic (exact) mass is 174 g/mol. The summed E-state index contributed by atoms with van der Waals surface area (Å²) in [7, 11) is 0. The van der Waals surface area contributed by atoms with E-state index < -0.39 is 0 Å². The number of hydrogen-bond donors (Lipinski definition) is 0. The summed E-state index contributed by atoms with van der Waals surface area (Å²) < 4.78 is 0. The van der Waals surface area contributed by atoms with E-state index >= 15 is 0 Å². The molecule has 0 N–H and O–H groups in total. The first-order valence-corrected chi connectivity index (χ1v) is 5.16. The molecule has 0 saturated heterocycles. The Balaban J connectivity index is 2.73. The lowest BCUT2D eigenvalue weighted by Gasteiger charge is -2.02. The maximum atomic E-state index is 4.98. The first-order chi connectivity index (χ1) is 5.91. The molecule has 0 aromatic carbocycles. The molecular formula is C10H22O2. The molecule has 0 rings (SSSR count).